The molecular weight excluding hydrogens is 304 g/mol. The summed E-state index contributed by atoms with van der Waals surface area (Å²) in [5, 5.41) is 0. The molecule has 3 heterocycles. The van der Waals surface area contributed by atoms with E-state index in [1.807, 2.05) is 27.7 Å². The number of rotatable bonds is 3. The Kier molecular flexibility index (Phi) is 4.21. The summed E-state index contributed by atoms with van der Waals surface area (Å²) in [5.41, 5.74) is 0. The first-order chi connectivity index (χ1) is 10.6. The Morgan fingerprint density at radius 3 is 2.30 bits per heavy atom. The molecule has 0 aliphatic carbocycles. The molecule has 0 spiro atoms. The first kappa shape index (κ1) is 17.1. The van der Waals surface area contributed by atoms with E-state index in [9.17, 15) is 4.79 Å². The molecule has 23 heavy (non-hydrogen) atoms. The molecule has 0 radical (unpaired) electrons. The van der Waals surface area contributed by atoms with E-state index in [1.165, 1.54) is 0 Å². The van der Waals surface area contributed by atoms with Crippen LogP contribution in [0, 0.1) is 5.92 Å². The Balaban J connectivity index is 1.77. The number of ether oxygens (including phenoxy) is 6. The summed E-state index contributed by atoms with van der Waals surface area (Å²) >= 11 is 0. The third kappa shape index (κ3) is 3.39. The predicted molar refractivity (Wildman–Crippen MR) is 78.3 cm³/mol. The summed E-state index contributed by atoms with van der Waals surface area (Å²) < 4.78 is 34.7. The molecule has 0 aromatic heterocycles. The molecule has 0 N–H and O–H groups in total. The van der Waals surface area contributed by atoms with E-state index in [0.717, 1.165) is 0 Å². The Morgan fingerprint density at radius 2 is 1.74 bits per heavy atom. The zero-order valence-corrected chi connectivity index (χ0v) is 14.5. The fourth-order valence-corrected chi connectivity index (χ4v) is 3.09. The second-order valence-corrected chi connectivity index (χ2v) is 7.49. The maximum absolute atomic E-state index is 12.1. The molecule has 3 fully saturated rings. The highest BCUT2D eigenvalue weighted by Gasteiger charge is 2.60. The first-order valence-corrected chi connectivity index (χ1v) is 8.11. The van der Waals surface area contributed by atoms with Gasteiger partial charge in [0.25, 0.3) is 0 Å². The van der Waals surface area contributed by atoms with Gasteiger partial charge in [0.2, 0.25) is 0 Å². The number of carbonyl (C=O) groups is 1. The largest absolute Gasteiger partial charge is 0.456 e. The first-order valence-electron chi connectivity index (χ1n) is 8.11. The lowest BCUT2D eigenvalue weighted by Crippen LogP contribution is -2.45. The number of fused-ring (bicyclic) bond motifs is 1. The highest BCUT2D eigenvalue weighted by Crippen LogP contribution is 2.42. The van der Waals surface area contributed by atoms with Gasteiger partial charge in [-0.2, -0.15) is 0 Å². The maximum atomic E-state index is 12.1. The molecule has 0 aromatic carbocycles. The van der Waals surface area contributed by atoms with Crippen molar-refractivity contribution in [2.24, 2.45) is 5.92 Å². The van der Waals surface area contributed by atoms with Crippen molar-refractivity contribution in [3.8, 4) is 0 Å². The lowest BCUT2D eigenvalue weighted by atomic mass is 10.1. The summed E-state index contributed by atoms with van der Waals surface area (Å²) in [6, 6.07) is 0. The SMILES string of the molecule is CC(C)C(=O)O[C@@H]1[C@H]2OC(C)(C)O[C@H]2O[C@@H]1[C@H]1COC(C)(C)O1. The van der Waals surface area contributed by atoms with E-state index in [-0.39, 0.29) is 18.0 Å². The Labute approximate surface area is 136 Å². The van der Waals surface area contributed by atoms with Crippen LogP contribution in [0.25, 0.3) is 0 Å². The Bertz CT molecular complexity index is 473. The molecule has 0 unspecified atom stereocenters. The minimum atomic E-state index is -0.769. The van der Waals surface area contributed by atoms with Crippen molar-refractivity contribution in [1.82, 2.24) is 0 Å². The standard InChI is InChI=1S/C16H26O7/c1-8(2)13(17)19-11-10(9-7-18-15(3,4)21-9)20-14-12(11)22-16(5,6)23-14/h8-12,14H,7H2,1-6H3/t9-,10-,11+,12-,14-/m1/s1. The quantitative estimate of drug-likeness (QED) is 0.728. The van der Waals surface area contributed by atoms with Crippen molar-refractivity contribution in [3.63, 3.8) is 0 Å². The maximum Gasteiger partial charge on any atom is 0.308 e. The fraction of sp³-hybridized carbons (Fsp3) is 0.938. The molecule has 0 bridgehead atoms. The summed E-state index contributed by atoms with van der Waals surface area (Å²) in [6.07, 6.45) is -2.45. The van der Waals surface area contributed by atoms with Gasteiger partial charge in [0.05, 0.1) is 12.5 Å². The van der Waals surface area contributed by atoms with Gasteiger partial charge in [-0.1, -0.05) is 13.8 Å². The summed E-state index contributed by atoms with van der Waals surface area (Å²) in [7, 11) is 0. The van der Waals surface area contributed by atoms with E-state index in [2.05, 4.69) is 0 Å². The number of hydrogen-bond donors (Lipinski definition) is 0. The average Bonchev–Trinajstić information content (AvgIpc) is 3.01. The van der Waals surface area contributed by atoms with Gasteiger partial charge in [-0.25, -0.2) is 0 Å². The highest BCUT2D eigenvalue weighted by atomic mass is 16.8. The van der Waals surface area contributed by atoms with Crippen molar-refractivity contribution in [2.75, 3.05) is 6.61 Å². The monoisotopic (exact) mass is 330 g/mol. The van der Waals surface area contributed by atoms with Crippen molar-refractivity contribution < 1.29 is 33.2 Å². The molecule has 3 rings (SSSR count). The number of esters is 1. The summed E-state index contributed by atoms with van der Waals surface area (Å²) in [6.45, 7) is 11.3. The second-order valence-electron chi connectivity index (χ2n) is 7.49. The molecule has 3 aliphatic heterocycles. The highest BCUT2D eigenvalue weighted by molar-refractivity contribution is 5.71. The van der Waals surface area contributed by atoms with Crippen LogP contribution in [0.5, 0.6) is 0 Å². The molecule has 7 heteroatoms. The lowest BCUT2D eigenvalue weighted by Gasteiger charge is -2.29. The molecule has 3 aliphatic rings. The van der Waals surface area contributed by atoms with Crippen LogP contribution >= 0.6 is 0 Å². The van der Waals surface area contributed by atoms with Crippen LogP contribution in [0.2, 0.25) is 0 Å². The second kappa shape index (κ2) is 5.67. The third-order valence-corrected chi connectivity index (χ3v) is 4.15. The zero-order chi connectivity index (χ0) is 17.0. The molecule has 0 aromatic rings. The van der Waals surface area contributed by atoms with Gasteiger partial charge in [0.15, 0.2) is 30.1 Å². The van der Waals surface area contributed by atoms with E-state index in [1.54, 1.807) is 13.8 Å². The molecule has 7 nitrogen and oxygen atoms in total. The van der Waals surface area contributed by atoms with E-state index < -0.39 is 36.2 Å². The van der Waals surface area contributed by atoms with Crippen molar-refractivity contribution >= 4 is 5.97 Å². The van der Waals surface area contributed by atoms with Crippen LogP contribution in [0.4, 0.5) is 0 Å². The van der Waals surface area contributed by atoms with Gasteiger partial charge in [-0.3, -0.25) is 4.79 Å². The minimum Gasteiger partial charge on any atom is -0.456 e. The van der Waals surface area contributed by atoms with E-state index in [4.69, 9.17) is 28.4 Å². The number of carbonyl (C=O) groups excluding carboxylic acids is 1. The van der Waals surface area contributed by atoms with Crippen molar-refractivity contribution in [1.29, 1.82) is 0 Å². The van der Waals surface area contributed by atoms with E-state index in [0.29, 0.717) is 6.61 Å². The molecule has 3 saturated heterocycles. The predicted octanol–water partition coefficient (Wildman–Crippen LogP) is 1.58. The van der Waals surface area contributed by atoms with E-state index >= 15 is 0 Å². The molecule has 5 atom stereocenters. The van der Waals surface area contributed by atoms with Crippen LogP contribution in [0.1, 0.15) is 41.5 Å². The van der Waals surface area contributed by atoms with Gasteiger partial charge in [-0.15, -0.1) is 0 Å². The van der Waals surface area contributed by atoms with Crippen LogP contribution in [0.3, 0.4) is 0 Å². The fourth-order valence-electron chi connectivity index (χ4n) is 3.09. The van der Waals surface area contributed by atoms with Gasteiger partial charge in [0.1, 0.15) is 12.2 Å². The Morgan fingerprint density at radius 1 is 1.04 bits per heavy atom. The molecule has 0 amide bonds. The van der Waals surface area contributed by atoms with Crippen molar-refractivity contribution in [2.45, 2.75) is 83.8 Å². The number of hydrogen-bond acceptors (Lipinski definition) is 7. The molecular formula is C16H26O7. The van der Waals surface area contributed by atoms with Crippen LogP contribution in [0.15, 0.2) is 0 Å². The topological polar surface area (TPSA) is 72.5 Å². The summed E-state index contributed by atoms with van der Waals surface area (Å²) in [5.74, 6) is -1.98. The smallest absolute Gasteiger partial charge is 0.308 e. The normalized spacial score (nSPS) is 41.3. The molecule has 0 saturated carbocycles. The third-order valence-electron chi connectivity index (χ3n) is 4.15. The van der Waals surface area contributed by atoms with Crippen LogP contribution in [-0.4, -0.2) is 54.9 Å². The van der Waals surface area contributed by atoms with Crippen LogP contribution in [-0.2, 0) is 33.2 Å². The lowest BCUT2D eigenvalue weighted by molar-refractivity contribution is -0.235. The van der Waals surface area contributed by atoms with Gasteiger partial charge < -0.3 is 28.4 Å². The average molecular weight is 330 g/mol. The zero-order valence-electron chi connectivity index (χ0n) is 14.5. The van der Waals surface area contributed by atoms with Crippen LogP contribution < -0.4 is 0 Å². The van der Waals surface area contributed by atoms with Crippen molar-refractivity contribution in [3.05, 3.63) is 0 Å². The Hall–Kier alpha value is -0.730. The van der Waals surface area contributed by atoms with Gasteiger partial charge in [-0.05, 0) is 27.7 Å². The molecule has 132 valence electrons. The summed E-state index contributed by atoms with van der Waals surface area (Å²) in [4.78, 5) is 12.1. The minimum absolute atomic E-state index is 0.234. The van der Waals surface area contributed by atoms with Gasteiger partial charge in [0, 0.05) is 0 Å². The van der Waals surface area contributed by atoms with Gasteiger partial charge >= 0.3 is 5.97 Å².